The largest absolute Gasteiger partial charge is 0.469 e. The minimum atomic E-state index is -0.215. The van der Waals surface area contributed by atoms with Crippen molar-refractivity contribution in [2.75, 3.05) is 44.7 Å². The number of piperazine rings is 1. The molecule has 4 nitrogen and oxygen atoms in total. The predicted molar refractivity (Wildman–Crippen MR) is 125 cm³/mol. The minimum Gasteiger partial charge on any atom is -0.469 e. The topological polar surface area (TPSA) is 32.8 Å². The van der Waals surface area contributed by atoms with Gasteiger partial charge in [0.05, 0.1) is 13.5 Å². The normalized spacial score (nSPS) is 16.9. The molecule has 0 amide bonds. The van der Waals surface area contributed by atoms with Gasteiger partial charge < -0.3 is 9.64 Å². The first-order valence-corrected chi connectivity index (χ1v) is 11.2. The molecule has 0 aliphatic carbocycles. The van der Waals surface area contributed by atoms with Crippen LogP contribution in [0.1, 0.15) is 31.7 Å². The van der Waals surface area contributed by atoms with Crippen LogP contribution in [0.4, 0.5) is 5.69 Å². The van der Waals surface area contributed by atoms with Crippen molar-refractivity contribution in [2.24, 2.45) is 0 Å². The van der Waals surface area contributed by atoms with Crippen LogP contribution in [0, 0.1) is 0 Å². The Balaban J connectivity index is 1.53. The number of anilines is 1. The number of halogens is 2. The SMILES string of the molecule is COC(=O)CC(C)(CCCN1CCN(c2cc(Cl)cc(Cl)c2)CC1)c1ccccc1. The highest BCUT2D eigenvalue weighted by atomic mass is 35.5. The number of hydrogen-bond donors (Lipinski definition) is 0. The molecule has 162 valence electrons. The van der Waals surface area contributed by atoms with E-state index in [1.807, 2.05) is 30.3 Å². The summed E-state index contributed by atoms with van der Waals surface area (Å²) in [6.45, 7) is 7.10. The van der Waals surface area contributed by atoms with Gasteiger partial charge in [-0.2, -0.15) is 0 Å². The van der Waals surface area contributed by atoms with Gasteiger partial charge in [-0.15, -0.1) is 0 Å². The van der Waals surface area contributed by atoms with E-state index in [-0.39, 0.29) is 11.4 Å². The Morgan fingerprint density at radius 2 is 1.67 bits per heavy atom. The Labute approximate surface area is 189 Å². The molecule has 1 unspecified atom stereocenters. The number of esters is 1. The highest BCUT2D eigenvalue weighted by Gasteiger charge is 2.30. The van der Waals surface area contributed by atoms with Crippen LogP contribution in [-0.4, -0.2) is 50.7 Å². The Morgan fingerprint density at radius 3 is 2.27 bits per heavy atom. The molecule has 0 aromatic heterocycles. The lowest BCUT2D eigenvalue weighted by Crippen LogP contribution is -2.46. The second kappa shape index (κ2) is 10.5. The van der Waals surface area contributed by atoms with Crippen LogP contribution in [0.15, 0.2) is 48.5 Å². The summed E-state index contributed by atoms with van der Waals surface area (Å²) >= 11 is 12.3. The molecule has 2 aromatic rings. The van der Waals surface area contributed by atoms with E-state index in [1.165, 1.54) is 12.7 Å². The molecular weight excluding hydrogens is 419 g/mol. The van der Waals surface area contributed by atoms with Gasteiger partial charge in [0.2, 0.25) is 0 Å². The van der Waals surface area contributed by atoms with E-state index < -0.39 is 0 Å². The molecule has 1 atom stereocenters. The van der Waals surface area contributed by atoms with Crippen LogP contribution in [0.2, 0.25) is 10.0 Å². The zero-order valence-corrected chi connectivity index (χ0v) is 19.3. The number of carbonyl (C=O) groups excluding carboxylic acids is 1. The van der Waals surface area contributed by atoms with Crippen LogP contribution in [0.5, 0.6) is 0 Å². The van der Waals surface area contributed by atoms with E-state index in [4.69, 9.17) is 27.9 Å². The maximum Gasteiger partial charge on any atom is 0.306 e. The maximum absolute atomic E-state index is 12.0. The molecule has 6 heteroatoms. The second-order valence-corrected chi connectivity index (χ2v) is 9.11. The number of methoxy groups -OCH3 is 1. The van der Waals surface area contributed by atoms with E-state index in [2.05, 4.69) is 28.9 Å². The number of carbonyl (C=O) groups is 1. The molecule has 1 heterocycles. The molecule has 0 N–H and O–H groups in total. The van der Waals surface area contributed by atoms with Gasteiger partial charge in [0.25, 0.3) is 0 Å². The van der Waals surface area contributed by atoms with Crippen LogP contribution in [0.25, 0.3) is 0 Å². The fraction of sp³-hybridized carbons (Fsp3) is 0.458. The fourth-order valence-corrected chi connectivity index (χ4v) is 4.72. The van der Waals surface area contributed by atoms with Crippen molar-refractivity contribution in [2.45, 2.75) is 31.6 Å². The third kappa shape index (κ3) is 6.13. The molecule has 1 aliphatic rings. The number of nitrogens with zero attached hydrogens (tertiary/aromatic N) is 2. The molecule has 1 aliphatic heterocycles. The number of ether oxygens (including phenoxy) is 1. The van der Waals surface area contributed by atoms with Gasteiger partial charge >= 0.3 is 5.97 Å². The Morgan fingerprint density at radius 1 is 1.03 bits per heavy atom. The zero-order chi connectivity index (χ0) is 21.6. The molecule has 1 fully saturated rings. The fourth-order valence-electron chi connectivity index (χ4n) is 4.21. The molecular formula is C24H30Cl2N2O2. The van der Waals surface area contributed by atoms with Crippen LogP contribution < -0.4 is 4.90 Å². The second-order valence-electron chi connectivity index (χ2n) is 8.24. The molecule has 3 rings (SSSR count). The predicted octanol–water partition coefficient (Wildman–Crippen LogP) is 5.42. The Kier molecular flexibility index (Phi) is 8.04. The lowest BCUT2D eigenvalue weighted by molar-refractivity contribution is -0.142. The summed E-state index contributed by atoms with van der Waals surface area (Å²) in [5.41, 5.74) is 2.06. The summed E-state index contributed by atoms with van der Waals surface area (Å²) in [6.07, 6.45) is 2.37. The molecule has 0 spiro atoms. The van der Waals surface area contributed by atoms with E-state index in [1.54, 1.807) is 6.07 Å². The van der Waals surface area contributed by atoms with Crippen molar-refractivity contribution in [3.05, 3.63) is 64.1 Å². The highest BCUT2D eigenvalue weighted by Crippen LogP contribution is 2.33. The summed E-state index contributed by atoms with van der Waals surface area (Å²) in [6, 6.07) is 16.0. The average molecular weight is 449 g/mol. The van der Waals surface area contributed by atoms with Crippen molar-refractivity contribution in [1.29, 1.82) is 0 Å². The summed E-state index contributed by atoms with van der Waals surface area (Å²) in [5, 5.41) is 1.34. The molecule has 0 saturated carbocycles. The van der Waals surface area contributed by atoms with Crippen molar-refractivity contribution < 1.29 is 9.53 Å². The molecule has 0 bridgehead atoms. The minimum absolute atomic E-state index is 0.157. The molecule has 1 saturated heterocycles. The summed E-state index contributed by atoms with van der Waals surface area (Å²) in [5.74, 6) is -0.157. The first-order chi connectivity index (χ1) is 14.4. The highest BCUT2D eigenvalue weighted by molar-refractivity contribution is 6.35. The smallest absolute Gasteiger partial charge is 0.306 e. The van der Waals surface area contributed by atoms with Gasteiger partial charge in [0, 0.05) is 47.3 Å². The monoisotopic (exact) mass is 448 g/mol. The van der Waals surface area contributed by atoms with Crippen molar-refractivity contribution in [1.82, 2.24) is 4.90 Å². The zero-order valence-electron chi connectivity index (χ0n) is 17.7. The van der Waals surface area contributed by atoms with Gasteiger partial charge in [-0.05, 0) is 43.1 Å². The van der Waals surface area contributed by atoms with Gasteiger partial charge in [0.15, 0.2) is 0 Å². The van der Waals surface area contributed by atoms with Crippen LogP contribution in [-0.2, 0) is 14.9 Å². The van der Waals surface area contributed by atoms with E-state index >= 15 is 0 Å². The quantitative estimate of drug-likeness (QED) is 0.504. The van der Waals surface area contributed by atoms with Crippen molar-refractivity contribution in [3.8, 4) is 0 Å². The Bertz CT molecular complexity index is 818. The number of hydrogen-bond acceptors (Lipinski definition) is 4. The van der Waals surface area contributed by atoms with Crippen LogP contribution in [0.3, 0.4) is 0 Å². The number of benzene rings is 2. The van der Waals surface area contributed by atoms with Crippen LogP contribution >= 0.6 is 23.2 Å². The average Bonchev–Trinajstić information content (AvgIpc) is 2.74. The van der Waals surface area contributed by atoms with Crippen molar-refractivity contribution >= 4 is 34.9 Å². The standard InChI is InChI=1S/C24H30Cl2N2O2/c1-24(18-23(29)30-2,19-7-4-3-5-8-19)9-6-10-27-11-13-28(14-12-27)22-16-20(25)15-21(26)17-22/h3-5,7-8,15-17H,6,9-14,18H2,1-2H3. The lowest BCUT2D eigenvalue weighted by Gasteiger charge is -2.37. The van der Waals surface area contributed by atoms with E-state index in [0.717, 1.165) is 51.3 Å². The van der Waals surface area contributed by atoms with Gasteiger partial charge in [-0.3, -0.25) is 9.69 Å². The van der Waals surface area contributed by atoms with Gasteiger partial charge in [0.1, 0.15) is 0 Å². The van der Waals surface area contributed by atoms with Gasteiger partial charge in [-0.1, -0.05) is 60.5 Å². The first kappa shape index (κ1) is 22.9. The van der Waals surface area contributed by atoms with Gasteiger partial charge in [-0.25, -0.2) is 0 Å². The summed E-state index contributed by atoms with van der Waals surface area (Å²) in [7, 11) is 1.46. The molecule has 0 radical (unpaired) electrons. The maximum atomic E-state index is 12.0. The van der Waals surface area contributed by atoms with Crippen molar-refractivity contribution in [3.63, 3.8) is 0 Å². The summed E-state index contributed by atoms with van der Waals surface area (Å²) in [4.78, 5) is 16.9. The summed E-state index contributed by atoms with van der Waals surface area (Å²) < 4.78 is 4.96. The molecule has 2 aromatic carbocycles. The van der Waals surface area contributed by atoms with E-state index in [9.17, 15) is 4.79 Å². The first-order valence-electron chi connectivity index (χ1n) is 10.5. The third-order valence-electron chi connectivity index (χ3n) is 6.02. The number of rotatable bonds is 8. The Hall–Kier alpha value is -1.75. The lowest BCUT2D eigenvalue weighted by atomic mass is 9.76. The molecule has 30 heavy (non-hydrogen) atoms. The van der Waals surface area contributed by atoms with E-state index in [0.29, 0.717) is 16.5 Å². The third-order valence-corrected chi connectivity index (χ3v) is 6.46.